The van der Waals surface area contributed by atoms with Gasteiger partial charge in [-0.15, -0.1) is 0 Å². The van der Waals surface area contributed by atoms with Crippen molar-refractivity contribution >= 4 is 0 Å². The van der Waals surface area contributed by atoms with Crippen molar-refractivity contribution in [1.82, 2.24) is 14.7 Å². The second-order valence-corrected chi connectivity index (χ2v) is 3.96. The molecule has 0 bridgehead atoms. The average Bonchev–Trinajstić information content (AvgIpc) is 2.61. The molecular weight excluding hydrogens is 194 g/mol. The first-order chi connectivity index (χ1) is 7.20. The molecule has 1 aliphatic heterocycles. The Hall–Kier alpha value is -0.910. The van der Waals surface area contributed by atoms with Gasteiger partial charge in [0.05, 0.1) is 30.6 Å². The van der Waals surface area contributed by atoms with Crippen molar-refractivity contribution in [2.24, 2.45) is 0 Å². The zero-order valence-corrected chi connectivity index (χ0v) is 8.93. The first-order valence-electron chi connectivity index (χ1n) is 5.28. The summed E-state index contributed by atoms with van der Waals surface area (Å²) in [7, 11) is 0. The molecule has 0 saturated carbocycles. The Labute approximate surface area is 88.9 Å². The maximum atomic E-state index is 9.41. The van der Waals surface area contributed by atoms with E-state index >= 15 is 0 Å². The molecule has 0 spiro atoms. The predicted molar refractivity (Wildman–Crippen MR) is 55.2 cm³/mol. The van der Waals surface area contributed by atoms with Crippen molar-refractivity contribution in [3.05, 3.63) is 17.5 Å². The molecule has 1 aliphatic rings. The first-order valence-corrected chi connectivity index (χ1v) is 5.28. The second-order valence-electron chi connectivity index (χ2n) is 3.96. The summed E-state index contributed by atoms with van der Waals surface area (Å²) in [6, 6.07) is 1.94. The fraction of sp³-hybridized carbons (Fsp3) is 0.700. The maximum Gasteiger partial charge on any atom is 0.0950 e. The van der Waals surface area contributed by atoms with E-state index in [9.17, 15) is 5.11 Å². The lowest BCUT2D eigenvalue weighted by atomic mass is 10.2. The maximum absolute atomic E-state index is 9.41. The zero-order chi connectivity index (χ0) is 10.8. The molecule has 1 aromatic heterocycles. The van der Waals surface area contributed by atoms with Crippen molar-refractivity contribution in [2.75, 3.05) is 19.7 Å². The number of β-amino-alcohol motifs (C(OH)–C–C–N with tert-alkyl or cyclic N) is 1. The molecule has 1 aromatic rings. The SMILES string of the molecule is C[C@@H](O)c1cc2n(n1)CCN(CCO)C2. The lowest BCUT2D eigenvalue weighted by Gasteiger charge is -2.26. The highest BCUT2D eigenvalue weighted by Gasteiger charge is 2.18. The predicted octanol–water partition coefficient (Wildman–Crippen LogP) is -0.256. The van der Waals surface area contributed by atoms with E-state index in [-0.39, 0.29) is 6.61 Å². The Balaban J connectivity index is 2.12. The van der Waals surface area contributed by atoms with Crippen molar-refractivity contribution in [2.45, 2.75) is 26.1 Å². The Kier molecular flexibility index (Phi) is 3.04. The van der Waals surface area contributed by atoms with Gasteiger partial charge in [0.25, 0.3) is 0 Å². The van der Waals surface area contributed by atoms with Gasteiger partial charge in [0.2, 0.25) is 0 Å². The molecule has 84 valence electrons. The standard InChI is InChI=1S/C10H17N3O2/c1-8(15)10-6-9-7-12(4-5-14)2-3-13(9)11-10/h6,8,14-15H,2-5,7H2,1H3/t8-/m1/s1. The molecule has 2 rings (SSSR count). The fourth-order valence-electron chi connectivity index (χ4n) is 1.88. The van der Waals surface area contributed by atoms with Crippen LogP contribution < -0.4 is 0 Å². The number of aromatic nitrogens is 2. The monoisotopic (exact) mass is 211 g/mol. The average molecular weight is 211 g/mol. The van der Waals surface area contributed by atoms with E-state index in [1.807, 2.05) is 10.7 Å². The number of fused-ring (bicyclic) bond motifs is 1. The highest BCUT2D eigenvalue weighted by molar-refractivity contribution is 5.13. The summed E-state index contributed by atoms with van der Waals surface area (Å²) in [5.74, 6) is 0. The van der Waals surface area contributed by atoms with Crippen LogP contribution in [0.4, 0.5) is 0 Å². The Morgan fingerprint density at radius 3 is 3.00 bits per heavy atom. The Morgan fingerprint density at radius 2 is 2.33 bits per heavy atom. The number of aliphatic hydroxyl groups is 2. The minimum Gasteiger partial charge on any atom is -0.395 e. The third-order valence-corrected chi connectivity index (χ3v) is 2.74. The molecule has 5 heteroatoms. The van der Waals surface area contributed by atoms with Crippen LogP contribution in [0.3, 0.4) is 0 Å². The number of nitrogens with zero attached hydrogens (tertiary/aromatic N) is 3. The summed E-state index contributed by atoms with van der Waals surface area (Å²) >= 11 is 0. The number of hydrogen-bond donors (Lipinski definition) is 2. The first kappa shape index (κ1) is 10.6. The molecule has 1 atom stereocenters. The molecule has 0 amide bonds. The van der Waals surface area contributed by atoms with Crippen molar-refractivity contribution in [3.8, 4) is 0 Å². The van der Waals surface area contributed by atoms with Crippen LogP contribution >= 0.6 is 0 Å². The smallest absolute Gasteiger partial charge is 0.0950 e. The third-order valence-electron chi connectivity index (χ3n) is 2.74. The van der Waals surface area contributed by atoms with E-state index in [1.54, 1.807) is 6.92 Å². The molecule has 2 heterocycles. The summed E-state index contributed by atoms with van der Waals surface area (Å²) < 4.78 is 1.94. The van der Waals surface area contributed by atoms with Gasteiger partial charge in [-0.25, -0.2) is 0 Å². The lowest BCUT2D eigenvalue weighted by molar-refractivity contribution is 0.162. The van der Waals surface area contributed by atoms with E-state index < -0.39 is 6.10 Å². The van der Waals surface area contributed by atoms with E-state index in [1.165, 1.54) is 0 Å². The minimum absolute atomic E-state index is 0.192. The molecule has 0 saturated heterocycles. The van der Waals surface area contributed by atoms with Crippen LogP contribution in [0.2, 0.25) is 0 Å². The van der Waals surface area contributed by atoms with Gasteiger partial charge < -0.3 is 10.2 Å². The molecule has 0 fully saturated rings. The molecule has 0 unspecified atom stereocenters. The summed E-state index contributed by atoms with van der Waals surface area (Å²) in [5.41, 5.74) is 1.85. The van der Waals surface area contributed by atoms with Crippen LogP contribution in [0, 0.1) is 0 Å². The van der Waals surface area contributed by atoms with Crippen LogP contribution in [0.15, 0.2) is 6.07 Å². The van der Waals surface area contributed by atoms with Crippen molar-refractivity contribution < 1.29 is 10.2 Å². The van der Waals surface area contributed by atoms with E-state index in [4.69, 9.17) is 5.11 Å². The minimum atomic E-state index is -0.505. The highest BCUT2D eigenvalue weighted by atomic mass is 16.3. The van der Waals surface area contributed by atoms with Gasteiger partial charge in [0.1, 0.15) is 0 Å². The van der Waals surface area contributed by atoms with Gasteiger partial charge in [-0.05, 0) is 13.0 Å². The second kappa shape index (κ2) is 4.30. The number of hydrogen-bond acceptors (Lipinski definition) is 4. The van der Waals surface area contributed by atoms with Crippen LogP contribution in [0.1, 0.15) is 24.4 Å². The molecule has 0 aliphatic carbocycles. The Morgan fingerprint density at radius 1 is 1.53 bits per heavy atom. The zero-order valence-electron chi connectivity index (χ0n) is 8.93. The van der Waals surface area contributed by atoms with Crippen LogP contribution in [0.5, 0.6) is 0 Å². The largest absolute Gasteiger partial charge is 0.395 e. The van der Waals surface area contributed by atoms with E-state index in [0.717, 1.165) is 31.0 Å². The van der Waals surface area contributed by atoms with Gasteiger partial charge in [0.15, 0.2) is 0 Å². The normalized spacial score (nSPS) is 18.9. The lowest BCUT2D eigenvalue weighted by Crippen LogP contribution is -2.35. The molecule has 2 N–H and O–H groups in total. The fourth-order valence-corrected chi connectivity index (χ4v) is 1.88. The van der Waals surface area contributed by atoms with Gasteiger partial charge in [-0.2, -0.15) is 5.10 Å². The summed E-state index contributed by atoms with van der Waals surface area (Å²) in [6.07, 6.45) is -0.505. The molecule has 15 heavy (non-hydrogen) atoms. The van der Waals surface area contributed by atoms with Crippen molar-refractivity contribution in [3.63, 3.8) is 0 Å². The van der Waals surface area contributed by atoms with Crippen LogP contribution in [-0.2, 0) is 13.1 Å². The number of rotatable bonds is 3. The topological polar surface area (TPSA) is 61.5 Å². The molecular formula is C10H17N3O2. The van der Waals surface area contributed by atoms with Gasteiger partial charge in [-0.3, -0.25) is 9.58 Å². The summed E-state index contributed by atoms with van der Waals surface area (Å²) in [4.78, 5) is 2.18. The quantitative estimate of drug-likeness (QED) is 0.723. The summed E-state index contributed by atoms with van der Waals surface area (Å²) in [5, 5.41) is 22.6. The molecule has 0 aromatic carbocycles. The highest BCUT2D eigenvalue weighted by Crippen LogP contribution is 2.17. The van der Waals surface area contributed by atoms with E-state index in [2.05, 4.69) is 10.00 Å². The summed E-state index contributed by atoms with van der Waals surface area (Å²) in [6.45, 7) is 5.17. The van der Waals surface area contributed by atoms with E-state index in [0.29, 0.717) is 6.54 Å². The van der Waals surface area contributed by atoms with Crippen LogP contribution in [0.25, 0.3) is 0 Å². The third kappa shape index (κ3) is 2.19. The van der Waals surface area contributed by atoms with Crippen molar-refractivity contribution in [1.29, 1.82) is 0 Å². The van der Waals surface area contributed by atoms with Gasteiger partial charge in [-0.1, -0.05) is 0 Å². The number of aliphatic hydroxyl groups excluding tert-OH is 2. The Bertz CT molecular complexity index is 335. The van der Waals surface area contributed by atoms with Gasteiger partial charge in [0, 0.05) is 19.6 Å². The van der Waals surface area contributed by atoms with Crippen LogP contribution in [-0.4, -0.2) is 44.6 Å². The van der Waals surface area contributed by atoms with Gasteiger partial charge >= 0.3 is 0 Å². The molecule has 5 nitrogen and oxygen atoms in total. The molecule has 0 radical (unpaired) electrons.